The third-order valence-electron chi connectivity index (χ3n) is 4.67. The molecule has 1 N–H and O–H groups in total. The predicted molar refractivity (Wildman–Crippen MR) is 81.3 cm³/mol. The zero-order valence-corrected chi connectivity index (χ0v) is 12.3. The number of rotatable bonds is 3. The van der Waals surface area contributed by atoms with Crippen LogP contribution in [0, 0.1) is 0 Å². The molecule has 4 heterocycles. The lowest BCUT2D eigenvalue weighted by atomic mass is 10.1. The Morgan fingerprint density at radius 1 is 1.29 bits per heavy atom. The predicted octanol–water partition coefficient (Wildman–Crippen LogP) is 2.08. The summed E-state index contributed by atoms with van der Waals surface area (Å²) in [6.45, 7) is 2.83. The third-order valence-corrected chi connectivity index (χ3v) is 4.67. The standard InChI is InChI=1S/C16H22N4O/c1-3-12(17-7-1)11-15-19-14-4-2-8-18-16(14)20(15)13-5-9-21-10-6-13/h2,4,8,12-13,17H,1,3,5-7,9-11H2. The van der Waals surface area contributed by atoms with Crippen molar-refractivity contribution in [3.05, 3.63) is 24.2 Å². The van der Waals surface area contributed by atoms with E-state index in [9.17, 15) is 0 Å². The molecule has 0 aromatic carbocycles. The van der Waals surface area contributed by atoms with E-state index in [0.717, 1.165) is 50.2 Å². The van der Waals surface area contributed by atoms with Crippen molar-refractivity contribution in [3.63, 3.8) is 0 Å². The normalized spacial score (nSPS) is 23.9. The first kappa shape index (κ1) is 13.2. The Bertz CT molecular complexity index is 612. The van der Waals surface area contributed by atoms with Crippen LogP contribution in [-0.2, 0) is 11.2 Å². The molecule has 5 nitrogen and oxygen atoms in total. The molecular formula is C16H22N4O. The van der Waals surface area contributed by atoms with Crippen LogP contribution in [0.3, 0.4) is 0 Å². The molecule has 21 heavy (non-hydrogen) atoms. The molecule has 0 spiro atoms. The molecule has 2 aromatic heterocycles. The van der Waals surface area contributed by atoms with Crippen molar-refractivity contribution in [1.29, 1.82) is 0 Å². The lowest BCUT2D eigenvalue weighted by molar-refractivity contribution is 0.0696. The second-order valence-corrected chi connectivity index (χ2v) is 6.09. The van der Waals surface area contributed by atoms with Crippen molar-refractivity contribution >= 4 is 11.2 Å². The van der Waals surface area contributed by atoms with E-state index in [2.05, 4.69) is 20.9 Å². The third kappa shape index (κ3) is 2.56. The molecule has 0 bridgehead atoms. The van der Waals surface area contributed by atoms with E-state index in [1.807, 2.05) is 12.3 Å². The summed E-state index contributed by atoms with van der Waals surface area (Å²) < 4.78 is 7.90. The largest absolute Gasteiger partial charge is 0.381 e. The second-order valence-electron chi connectivity index (χ2n) is 6.09. The highest BCUT2D eigenvalue weighted by Crippen LogP contribution is 2.28. The Kier molecular flexibility index (Phi) is 3.61. The summed E-state index contributed by atoms with van der Waals surface area (Å²) in [5.74, 6) is 1.19. The second kappa shape index (κ2) is 5.73. The molecule has 1 atom stereocenters. The Morgan fingerprint density at radius 3 is 3.00 bits per heavy atom. The maximum atomic E-state index is 5.52. The van der Waals surface area contributed by atoms with Gasteiger partial charge in [-0.3, -0.25) is 0 Å². The maximum absolute atomic E-state index is 5.52. The van der Waals surface area contributed by atoms with Gasteiger partial charge in [-0.1, -0.05) is 0 Å². The van der Waals surface area contributed by atoms with Crippen molar-refractivity contribution in [1.82, 2.24) is 19.9 Å². The van der Waals surface area contributed by atoms with Crippen molar-refractivity contribution in [2.24, 2.45) is 0 Å². The number of imidazole rings is 1. The monoisotopic (exact) mass is 286 g/mol. The molecule has 1 unspecified atom stereocenters. The van der Waals surface area contributed by atoms with Gasteiger partial charge in [-0.15, -0.1) is 0 Å². The zero-order valence-electron chi connectivity index (χ0n) is 12.3. The van der Waals surface area contributed by atoms with E-state index in [1.165, 1.54) is 18.7 Å². The van der Waals surface area contributed by atoms with Crippen LogP contribution in [-0.4, -0.2) is 40.3 Å². The van der Waals surface area contributed by atoms with Crippen LogP contribution in [0.15, 0.2) is 18.3 Å². The smallest absolute Gasteiger partial charge is 0.160 e. The average molecular weight is 286 g/mol. The molecular weight excluding hydrogens is 264 g/mol. The summed E-state index contributed by atoms with van der Waals surface area (Å²) in [6, 6.07) is 5.10. The Hall–Kier alpha value is -1.46. The van der Waals surface area contributed by atoms with E-state index >= 15 is 0 Å². The maximum Gasteiger partial charge on any atom is 0.160 e. The highest BCUT2D eigenvalue weighted by atomic mass is 16.5. The minimum Gasteiger partial charge on any atom is -0.381 e. The average Bonchev–Trinajstić information content (AvgIpc) is 3.15. The number of ether oxygens (including phenoxy) is 1. The number of hydrogen-bond acceptors (Lipinski definition) is 4. The van der Waals surface area contributed by atoms with Gasteiger partial charge in [0.2, 0.25) is 0 Å². The highest BCUT2D eigenvalue weighted by Gasteiger charge is 2.25. The number of hydrogen-bond donors (Lipinski definition) is 1. The zero-order chi connectivity index (χ0) is 14.1. The summed E-state index contributed by atoms with van der Waals surface area (Å²) in [7, 11) is 0. The van der Waals surface area contributed by atoms with Gasteiger partial charge in [0.25, 0.3) is 0 Å². The summed E-state index contributed by atoms with van der Waals surface area (Å²) in [4.78, 5) is 9.46. The van der Waals surface area contributed by atoms with Gasteiger partial charge in [-0.05, 0) is 44.4 Å². The fourth-order valence-corrected chi connectivity index (χ4v) is 3.60. The van der Waals surface area contributed by atoms with Crippen LogP contribution in [0.25, 0.3) is 11.2 Å². The van der Waals surface area contributed by atoms with Gasteiger partial charge in [-0.25, -0.2) is 9.97 Å². The van der Waals surface area contributed by atoms with E-state index < -0.39 is 0 Å². The molecule has 0 aliphatic carbocycles. The van der Waals surface area contributed by atoms with Crippen LogP contribution in [0.1, 0.15) is 37.5 Å². The van der Waals surface area contributed by atoms with Gasteiger partial charge >= 0.3 is 0 Å². The molecule has 0 radical (unpaired) electrons. The quantitative estimate of drug-likeness (QED) is 0.938. The molecule has 2 aromatic rings. The number of fused-ring (bicyclic) bond motifs is 1. The van der Waals surface area contributed by atoms with E-state index in [4.69, 9.17) is 9.72 Å². The van der Waals surface area contributed by atoms with Crippen LogP contribution < -0.4 is 5.32 Å². The first-order valence-corrected chi connectivity index (χ1v) is 8.05. The Labute approximate surface area is 124 Å². The number of aromatic nitrogens is 3. The SMILES string of the molecule is c1cnc2c(c1)nc(CC1CCCN1)n2C1CCOCC1. The molecule has 2 aliphatic heterocycles. The fraction of sp³-hybridized carbons (Fsp3) is 0.625. The molecule has 2 aliphatic rings. The van der Waals surface area contributed by atoms with E-state index in [1.54, 1.807) is 0 Å². The van der Waals surface area contributed by atoms with Crippen LogP contribution in [0.2, 0.25) is 0 Å². The molecule has 112 valence electrons. The minimum absolute atomic E-state index is 0.482. The van der Waals surface area contributed by atoms with E-state index in [-0.39, 0.29) is 0 Å². The van der Waals surface area contributed by atoms with Crippen molar-refractivity contribution in [2.45, 2.75) is 44.2 Å². The molecule has 4 rings (SSSR count). The van der Waals surface area contributed by atoms with Crippen molar-refractivity contribution in [3.8, 4) is 0 Å². The summed E-state index contributed by atoms with van der Waals surface area (Å²) in [5.41, 5.74) is 2.06. The highest BCUT2D eigenvalue weighted by molar-refractivity contribution is 5.71. The van der Waals surface area contributed by atoms with Gasteiger partial charge in [0.05, 0.1) is 0 Å². The van der Waals surface area contributed by atoms with Gasteiger partial charge in [0.15, 0.2) is 5.65 Å². The van der Waals surface area contributed by atoms with Crippen LogP contribution >= 0.6 is 0 Å². The van der Waals surface area contributed by atoms with Crippen molar-refractivity contribution < 1.29 is 4.74 Å². The first-order valence-electron chi connectivity index (χ1n) is 8.05. The number of nitrogens with zero attached hydrogens (tertiary/aromatic N) is 3. The molecule has 0 saturated carbocycles. The van der Waals surface area contributed by atoms with Gasteiger partial charge < -0.3 is 14.6 Å². The molecule has 2 saturated heterocycles. The molecule has 0 amide bonds. The van der Waals surface area contributed by atoms with Crippen molar-refractivity contribution in [2.75, 3.05) is 19.8 Å². The van der Waals surface area contributed by atoms with E-state index in [0.29, 0.717) is 12.1 Å². The summed E-state index contributed by atoms with van der Waals surface area (Å²) >= 11 is 0. The fourth-order valence-electron chi connectivity index (χ4n) is 3.60. The first-order chi connectivity index (χ1) is 10.4. The lowest BCUT2D eigenvalue weighted by Crippen LogP contribution is -2.27. The topological polar surface area (TPSA) is 52.0 Å². The van der Waals surface area contributed by atoms with Gasteiger partial charge in [-0.2, -0.15) is 0 Å². The summed E-state index contributed by atoms with van der Waals surface area (Å²) in [6.07, 6.45) is 7.54. The van der Waals surface area contributed by atoms with Gasteiger partial charge in [0, 0.05) is 37.9 Å². The Balaban J connectivity index is 1.72. The Morgan fingerprint density at radius 2 is 2.19 bits per heavy atom. The lowest BCUT2D eigenvalue weighted by Gasteiger charge is -2.26. The minimum atomic E-state index is 0.482. The number of pyridine rings is 1. The van der Waals surface area contributed by atoms with Crippen LogP contribution in [0.4, 0.5) is 0 Å². The van der Waals surface area contributed by atoms with Crippen LogP contribution in [0.5, 0.6) is 0 Å². The van der Waals surface area contributed by atoms with Gasteiger partial charge in [0.1, 0.15) is 11.3 Å². The summed E-state index contributed by atoms with van der Waals surface area (Å²) in [5, 5.41) is 3.58. The molecule has 5 heteroatoms. The number of nitrogens with one attached hydrogen (secondary N) is 1. The molecule has 2 fully saturated rings.